The van der Waals surface area contributed by atoms with Gasteiger partial charge in [0.1, 0.15) is 0 Å². The molecule has 0 radical (unpaired) electrons. The first-order chi connectivity index (χ1) is 10.1. The minimum absolute atomic E-state index is 0.200. The van der Waals surface area contributed by atoms with Crippen molar-refractivity contribution in [3.05, 3.63) is 52.9 Å². The van der Waals surface area contributed by atoms with Gasteiger partial charge >= 0.3 is 0 Å². The molecule has 2 aromatic rings. The van der Waals surface area contributed by atoms with Crippen molar-refractivity contribution in [1.82, 2.24) is 10.1 Å². The quantitative estimate of drug-likeness (QED) is 0.868. The molecule has 1 aromatic carbocycles. The number of hydrogen-bond acceptors (Lipinski definition) is 4. The molecule has 2 N–H and O–H groups in total. The normalized spacial score (nSPS) is 9.86. The van der Waals surface area contributed by atoms with Crippen LogP contribution in [0.1, 0.15) is 27.4 Å². The number of aryl methyl sites for hydroxylation is 1. The number of benzene rings is 1. The smallest absolute Gasteiger partial charge is 0.292 e. The highest BCUT2D eigenvalue weighted by atomic mass is 16.5. The summed E-state index contributed by atoms with van der Waals surface area (Å²) in [4.78, 5) is 13.7. The Morgan fingerprint density at radius 2 is 2.24 bits per heavy atom. The molecule has 0 atom stereocenters. The Balaban J connectivity index is 2.08. The van der Waals surface area contributed by atoms with Crippen LogP contribution in [0.25, 0.3) is 0 Å². The minimum atomic E-state index is -0.200. The summed E-state index contributed by atoms with van der Waals surface area (Å²) in [5, 5.41) is 3.72. The van der Waals surface area contributed by atoms with Crippen molar-refractivity contribution in [2.75, 3.05) is 13.6 Å². The first-order valence-corrected chi connectivity index (χ1v) is 6.57. The molecule has 1 amide bonds. The number of hydrogen-bond donors (Lipinski definition) is 1. The van der Waals surface area contributed by atoms with Gasteiger partial charge in [0.2, 0.25) is 5.76 Å². The van der Waals surface area contributed by atoms with Gasteiger partial charge in [-0.05, 0) is 24.6 Å². The van der Waals surface area contributed by atoms with Gasteiger partial charge in [0, 0.05) is 25.2 Å². The molecule has 108 valence electrons. The summed E-state index contributed by atoms with van der Waals surface area (Å²) in [6.07, 6.45) is 0. The third kappa shape index (κ3) is 3.94. The van der Waals surface area contributed by atoms with E-state index in [2.05, 4.69) is 17.0 Å². The summed E-state index contributed by atoms with van der Waals surface area (Å²) in [7, 11) is 1.72. The Morgan fingerprint density at radius 3 is 2.90 bits per heavy atom. The maximum atomic E-state index is 12.2. The lowest BCUT2D eigenvalue weighted by Crippen LogP contribution is -2.25. The molecule has 5 nitrogen and oxygen atoms in total. The summed E-state index contributed by atoms with van der Waals surface area (Å²) in [5.74, 6) is 5.83. The molecule has 0 saturated carbocycles. The van der Waals surface area contributed by atoms with E-state index in [0.717, 1.165) is 11.1 Å². The van der Waals surface area contributed by atoms with Gasteiger partial charge < -0.3 is 15.2 Å². The Bertz CT molecular complexity index is 695. The molecule has 0 bridgehead atoms. The lowest BCUT2D eigenvalue weighted by atomic mass is 10.1. The largest absolute Gasteiger partial charge is 0.351 e. The number of carbonyl (C=O) groups is 1. The summed E-state index contributed by atoms with van der Waals surface area (Å²) >= 11 is 0. The Kier molecular flexibility index (Phi) is 4.75. The fourth-order valence-electron chi connectivity index (χ4n) is 1.90. The summed E-state index contributed by atoms with van der Waals surface area (Å²) in [6, 6.07) is 9.34. The van der Waals surface area contributed by atoms with Gasteiger partial charge in [-0.15, -0.1) is 0 Å². The van der Waals surface area contributed by atoms with E-state index in [-0.39, 0.29) is 11.7 Å². The Hall–Kier alpha value is -2.58. The number of aromatic nitrogens is 1. The van der Waals surface area contributed by atoms with Crippen LogP contribution < -0.4 is 5.73 Å². The van der Waals surface area contributed by atoms with E-state index in [4.69, 9.17) is 10.3 Å². The molecule has 0 fully saturated rings. The number of rotatable bonds is 3. The maximum Gasteiger partial charge on any atom is 0.292 e. The lowest BCUT2D eigenvalue weighted by molar-refractivity contribution is 0.0743. The van der Waals surface area contributed by atoms with Gasteiger partial charge in [0.15, 0.2) is 0 Å². The molecule has 1 heterocycles. The van der Waals surface area contributed by atoms with Gasteiger partial charge in [-0.1, -0.05) is 29.1 Å². The Labute approximate surface area is 123 Å². The highest BCUT2D eigenvalue weighted by Crippen LogP contribution is 2.11. The van der Waals surface area contributed by atoms with E-state index in [1.54, 1.807) is 24.9 Å². The second kappa shape index (κ2) is 6.73. The molecule has 0 aliphatic carbocycles. The van der Waals surface area contributed by atoms with Crippen molar-refractivity contribution in [3.8, 4) is 11.8 Å². The third-order valence-corrected chi connectivity index (χ3v) is 2.87. The van der Waals surface area contributed by atoms with Crippen molar-refractivity contribution in [1.29, 1.82) is 0 Å². The van der Waals surface area contributed by atoms with Gasteiger partial charge in [0.05, 0.1) is 12.2 Å². The van der Waals surface area contributed by atoms with E-state index in [9.17, 15) is 4.79 Å². The second-order valence-electron chi connectivity index (χ2n) is 4.70. The van der Waals surface area contributed by atoms with Crippen LogP contribution in [0.4, 0.5) is 0 Å². The second-order valence-corrected chi connectivity index (χ2v) is 4.70. The molecule has 0 spiro atoms. The van der Waals surface area contributed by atoms with Crippen molar-refractivity contribution in [2.45, 2.75) is 13.5 Å². The zero-order valence-electron chi connectivity index (χ0n) is 12.1. The molecule has 5 heteroatoms. The van der Waals surface area contributed by atoms with E-state index in [0.29, 0.717) is 18.8 Å². The van der Waals surface area contributed by atoms with Crippen LogP contribution >= 0.6 is 0 Å². The van der Waals surface area contributed by atoms with E-state index < -0.39 is 0 Å². The Morgan fingerprint density at radius 1 is 1.43 bits per heavy atom. The monoisotopic (exact) mass is 283 g/mol. The lowest BCUT2D eigenvalue weighted by Gasteiger charge is -2.15. The fourth-order valence-corrected chi connectivity index (χ4v) is 1.90. The first kappa shape index (κ1) is 14.8. The molecule has 2 rings (SSSR count). The molecule has 0 saturated heterocycles. The van der Waals surface area contributed by atoms with E-state index in [1.807, 2.05) is 24.3 Å². The maximum absolute atomic E-state index is 12.2. The summed E-state index contributed by atoms with van der Waals surface area (Å²) < 4.78 is 4.98. The van der Waals surface area contributed by atoms with Crippen LogP contribution in [0.5, 0.6) is 0 Å². The summed E-state index contributed by atoms with van der Waals surface area (Å²) in [5.41, 5.74) is 7.92. The van der Waals surface area contributed by atoms with E-state index >= 15 is 0 Å². The van der Waals surface area contributed by atoms with Crippen molar-refractivity contribution in [3.63, 3.8) is 0 Å². The van der Waals surface area contributed by atoms with Crippen LogP contribution in [-0.2, 0) is 6.54 Å². The molecular formula is C16H17N3O2. The highest BCUT2D eigenvalue weighted by Gasteiger charge is 2.16. The minimum Gasteiger partial charge on any atom is -0.351 e. The van der Waals surface area contributed by atoms with Gasteiger partial charge in [-0.3, -0.25) is 4.79 Å². The third-order valence-electron chi connectivity index (χ3n) is 2.87. The number of carbonyl (C=O) groups excluding carboxylic acids is 1. The van der Waals surface area contributed by atoms with E-state index in [1.165, 1.54) is 0 Å². The van der Waals surface area contributed by atoms with Crippen molar-refractivity contribution < 1.29 is 9.32 Å². The van der Waals surface area contributed by atoms with Crippen molar-refractivity contribution in [2.24, 2.45) is 5.73 Å². The number of nitrogens with two attached hydrogens (primary N) is 1. The van der Waals surface area contributed by atoms with Crippen molar-refractivity contribution >= 4 is 5.91 Å². The molecule has 0 aliphatic rings. The topological polar surface area (TPSA) is 72.4 Å². The predicted molar refractivity (Wildman–Crippen MR) is 79.4 cm³/mol. The highest BCUT2D eigenvalue weighted by molar-refractivity contribution is 5.91. The molecule has 0 aliphatic heterocycles. The summed E-state index contributed by atoms with van der Waals surface area (Å²) in [6.45, 7) is 2.57. The van der Waals surface area contributed by atoms with Crippen LogP contribution in [0, 0.1) is 18.8 Å². The van der Waals surface area contributed by atoms with Crippen LogP contribution in [-0.4, -0.2) is 29.6 Å². The van der Waals surface area contributed by atoms with Gasteiger partial charge in [-0.2, -0.15) is 0 Å². The average Bonchev–Trinajstić information content (AvgIpc) is 2.91. The molecule has 21 heavy (non-hydrogen) atoms. The van der Waals surface area contributed by atoms with Crippen LogP contribution in [0.15, 0.2) is 34.9 Å². The van der Waals surface area contributed by atoms with Crippen LogP contribution in [0.3, 0.4) is 0 Å². The van der Waals surface area contributed by atoms with Crippen LogP contribution in [0.2, 0.25) is 0 Å². The first-order valence-electron chi connectivity index (χ1n) is 6.57. The number of nitrogens with zero attached hydrogens (tertiary/aromatic N) is 2. The fraction of sp³-hybridized carbons (Fsp3) is 0.250. The standard InChI is InChI=1S/C16H17N3O2/c1-12-9-15(21-18-12)16(20)19(2)11-14-6-3-5-13(10-14)7-4-8-17/h3,5-6,9-10H,8,11,17H2,1-2H3. The molecule has 1 aromatic heterocycles. The zero-order chi connectivity index (χ0) is 15.2. The average molecular weight is 283 g/mol. The zero-order valence-corrected chi connectivity index (χ0v) is 12.1. The van der Waals surface area contributed by atoms with Gasteiger partial charge in [-0.25, -0.2) is 0 Å². The molecular weight excluding hydrogens is 266 g/mol. The SMILES string of the molecule is Cc1cc(C(=O)N(C)Cc2cccc(C#CCN)c2)on1. The number of amides is 1. The predicted octanol–water partition coefficient (Wildman–Crippen LogP) is 1.57. The van der Waals surface area contributed by atoms with Gasteiger partial charge in [0.25, 0.3) is 5.91 Å². The molecule has 0 unspecified atom stereocenters.